The molecule has 28 heavy (non-hydrogen) atoms. The minimum absolute atomic E-state index is 0.0495. The first kappa shape index (κ1) is 23.6. The highest BCUT2D eigenvalue weighted by molar-refractivity contribution is 6.55. The van der Waals surface area contributed by atoms with Gasteiger partial charge in [0.15, 0.2) is 5.75 Å². The van der Waals surface area contributed by atoms with E-state index in [4.69, 9.17) is 74.3 Å². The van der Waals surface area contributed by atoms with E-state index in [2.05, 4.69) is 0 Å². The van der Waals surface area contributed by atoms with Gasteiger partial charge >= 0.3 is 12.0 Å². The molecule has 0 bridgehead atoms. The molecular weight excluding hydrogens is 497 g/mol. The largest absolute Gasteiger partial charge is 0.422 e. The second kappa shape index (κ2) is 8.62. The van der Waals surface area contributed by atoms with Gasteiger partial charge in [-0.05, 0) is 20.3 Å². The SMILES string of the molecule is CN1C(=O)N(CC[C@@H](Cl)C(=O)Oc2c(Cl)c(Cl)c(Cl)c(Cl)c2Cl)C(=O)C1(C)C. The maximum Gasteiger partial charge on any atom is 0.329 e. The van der Waals surface area contributed by atoms with E-state index in [1.54, 1.807) is 13.8 Å². The summed E-state index contributed by atoms with van der Waals surface area (Å²) in [6, 6.07) is -0.477. The van der Waals surface area contributed by atoms with Crippen LogP contribution in [0.5, 0.6) is 5.75 Å². The number of halogens is 6. The summed E-state index contributed by atoms with van der Waals surface area (Å²) >= 11 is 35.8. The van der Waals surface area contributed by atoms with Gasteiger partial charge in [0, 0.05) is 13.6 Å². The van der Waals surface area contributed by atoms with Gasteiger partial charge in [-0.1, -0.05) is 58.0 Å². The topological polar surface area (TPSA) is 66.9 Å². The summed E-state index contributed by atoms with van der Waals surface area (Å²) in [5.41, 5.74) is -0.975. The van der Waals surface area contributed by atoms with Crippen LogP contribution in [-0.4, -0.2) is 52.2 Å². The molecule has 0 aromatic heterocycles. The van der Waals surface area contributed by atoms with Gasteiger partial charge in [-0.3, -0.25) is 14.5 Å². The van der Waals surface area contributed by atoms with Crippen molar-refractivity contribution in [3.8, 4) is 5.75 Å². The lowest BCUT2D eigenvalue weighted by atomic mass is 10.1. The van der Waals surface area contributed by atoms with Crippen LogP contribution in [0.25, 0.3) is 0 Å². The number of likely N-dealkylation sites (N-methyl/N-ethyl adjacent to an activating group) is 1. The fraction of sp³-hybridized carbons (Fsp3) is 0.438. The number of hydrogen-bond acceptors (Lipinski definition) is 4. The summed E-state index contributed by atoms with van der Waals surface area (Å²) in [5.74, 6) is -1.58. The molecule has 0 N–H and O–H groups in total. The monoisotopic (exact) mass is 508 g/mol. The van der Waals surface area contributed by atoms with Crippen molar-refractivity contribution in [1.29, 1.82) is 0 Å². The second-order valence-electron chi connectivity index (χ2n) is 6.43. The third-order valence-corrected chi connectivity index (χ3v) is 7.00. The molecule has 1 fully saturated rings. The molecular formula is C16H14Cl6N2O4. The van der Waals surface area contributed by atoms with E-state index in [9.17, 15) is 14.4 Å². The number of benzene rings is 1. The van der Waals surface area contributed by atoms with Crippen LogP contribution in [0.3, 0.4) is 0 Å². The number of urea groups is 1. The average Bonchev–Trinajstić information content (AvgIpc) is 2.79. The Kier molecular flexibility index (Phi) is 7.28. The summed E-state index contributed by atoms with van der Waals surface area (Å²) in [4.78, 5) is 39.2. The Balaban J connectivity index is 2.09. The van der Waals surface area contributed by atoms with Crippen LogP contribution >= 0.6 is 69.6 Å². The maximum atomic E-state index is 12.3. The van der Waals surface area contributed by atoms with Gasteiger partial charge in [0.25, 0.3) is 5.91 Å². The third-order valence-electron chi connectivity index (χ3n) is 4.36. The number of carbonyl (C=O) groups is 3. The van der Waals surface area contributed by atoms with Gasteiger partial charge in [0.05, 0.1) is 15.1 Å². The minimum Gasteiger partial charge on any atom is -0.422 e. The molecule has 1 heterocycles. The molecule has 154 valence electrons. The van der Waals surface area contributed by atoms with Crippen molar-refractivity contribution in [2.45, 2.75) is 31.2 Å². The number of imide groups is 1. The summed E-state index contributed by atoms with van der Waals surface area (Å²) in [7, 11) is 1.52. The maximum absolute atomic E-state index is 12.3. The number of nitrogens with zero attached hydrogens (tertiary/aromatic N) is 2. The number of esters is 1. The summed E-state index contributed by atoms with van der Waals surface area (Å²) in [5, 5.41) is -1.96. The summed E-state index contributed by atoms with van der Waals surface area (Å²) in [6.07, 6.45) is -0.0495. The molecule has 0 radical (unpaired) electrons. The van der Waals surface area contributed by atoms with E-state index >= 15 is 0 Å². The Bertz CT molecular complexity index is 831. The molecule has 1 aliphatic rings. The second-order valence-corrected chi connectivity index (χ2v) is 8.85. The molecule has 12 heteroatoms. The Hall–Kier alpha value is -0.630. The highest BCUT2D eigenvalue weighted by Gasteiger charge is 2.49. The third kappa shape index (κ3) is 4.13. The molecule has 3 amide bonds. The Morgan fingerprint density at radius 3 is 1.89 bits per heavy atom. The van der Waals surface area contributed by atoms with Gasteiger partial charge in [0.2, 0.25) is 0 Å². The number of amides is 3. The van der Waals surface area contributed by atoms with Crippen molar-refractivity contribution >= 4 is 87.5 Å². The Morgan fingerprint density at radius 2 is 1.46 bits per heavy atom. The number of hydrogen-bond donors (Lipinski definition) is 0. The van der Waals surface area contributed by atoms with Crippen LogP contribution in [0, 0.1) is 0 Å². The molecule has 2 rings (SSSR count). The lowest BCUT2D eigenvalue weighted by molar-refractivity contribution is -0.135. The smallest absolute Gasteiger partial charge is 0.329 e. The zero-order valence-electron chi connectivity index (χ0n) is 14.8. The van der Waals surface area contributed by atoms with Crippen molar-refractivity contribution < 1.29 is 19.1 Å². The van der Waals surface area contributed by atoms with Crippen LogP contribution < -0.4 is 4.74 Å². The van der Waals surface area contributed by atoms with Gasteiger partial charge in [-0.25, -0.2) is 4.79 Å². The van der Waals surface area contributed by atoms with Gasteiger partial charge in [-0.2, -0.15) is 0 Å². The van der Waals surface area contributed by atoms with Crippen molar-refractivity contribution in [3.63, 3.8) is 0 Å². The molecule has 1 aromatic carbocycles. The highest BCUT2D eigenvalue weighted by atomic mass is 35.5. The zero-order chi connectivity index (χ0) is 21.5. The Morgan fingerprint density at radius 1 is 1.00 bits per heavy atom. The predicted molar refractivity (Wildman–Crippen MR) is 110 cm³/mol. The normalized spacial score (nSPS) is 17.3. The van der Waals surface area contributed by atoms with Crippen LogP contribution in [0.2, 0.25) is 25.1 Å². The van der Waals surface area contributed by atoms with E-state index in [1.807, 2.05) is 0 Å². The summed E-state index contributed by atoms with van der Waals surface area (Å²) in [6.45, 7) is 3.17. The van der Waals surface area contributed by atoms with Crippen molar-refractivity contribution in [2.75, 3.05) is 13.6 Å². The fourth-order valence-corrected chi connectivity index (χ4v) is 3.72. The highest BCUT2D eigenvalue weighted by Crippen LogP contribution is 2.48. The van der Waals surface area contributed by atoms with Gasteiger partial charge in [0.1, 0.15) is 21.0 Å². The summed E-state index contributed by atoms with van der Waals surface area (Å²) < 4.78 is 5.12. The van der Waals surface area contributed by atoms with Crippen molar-refractivity contribution in [2.24, 2.45) is 0 Å². The first-order valence-electron chi connectivity index (χ1n) is 7.79. The first-order valence-corrected chi connectivity index (χ1v) is 10.1. The van der Waals surface area contributed by atoms with E-state index in [0.29, 0.717) is 0 Å². The number of rotatable bonds is 5. The lowest BCUT2D eigenvalue weighted by Crippen LogP contribution is -2.41. The van der Waals surface area contributed by atoms with E-state index in [0.717, 1.165) is 4.90 Å². The van der Waals surface area contributed by atoms with Crippen LogP contribution in [0.15, 0.2) is 0 Å². The molecule has 1 saturated heterocycles. The molecule has 0 spiro atoms. The van der Waals surface area contributed by atoms with Gasteiger partial charge in [-0.15, -0.1) is 11.6 Å². The number of ether oxygens (including phenoxy) is 1. The minimum atomic E-state index is -1.20. The average molecular weight is 511 g/mol. The number of alkyl halides is 1. The van der Waals surface area contributed by atoms with E-state index in [-0.39, 0.29) is 49.7 Å². The standard InChI is InChI=1S/C16H14Cl6N2O4/c1-16(2)14(26)24(15(27)23(16)3)5-4-6(17)13(25)28-12-10(21)8(19)7(18)9(20)11(12)22/h6H,4-5H2,1-3H3/t6-/m1/s1. The number of carbonyl (C=O) groups excluding carboxylic acids is 3. The van der Waals surface area contributed by atoms with E-state index < -0.39 is 22.9 Å². The molecule has 0 unspecified atom stereocenters. The molecule has 1 aliphatic heterocycles. The lowest BCUT2D eigenvalue weighted by Gasteiger charge is -2.22. The predicted octanol–water partition coefficient (Wildman–Crippen LogP) is 5.53. The fourth-order valence-electron chi connectivity index (χ4n) is 2.38. The Labute approximate surface area is 191 Å². The zero-order valence-corrected chi connectivity index (χ0v) is 19.3. The molecule has 1 atom stereocenters. The van der Waals surface area contributed by atoms with Crippen LogP contribution in [0.1, 0.15) is 20.3 Å². The van der Waals surface area contributed by atoms with Crippen LogP contribution in [0.4, 0.5) is 4.79 Å². The van der Waals surface area contributed by atoms with E-state index in [1.165, 1.54) is 11.9 Å². The van der Waals surface area contributed by atoms with Gasteiger partial charge < -0.3 is 9.64 Å². The first-order chi connectivity index (χ1) is 12.8. The molecule has 0 saturated carbocycles. The van der Waals surface area contributed by atoms with Crippen molar-refractivity contribution in [1.82, 2.24) is 9.80 Å². The van der Waals surface area contributed by atoms with Crippen molar-refractivity contribution in [3.05, 3.63) is 25.1 Å². The quantitative estimate of drug-likeness (QED) is 0.130. The van der Waals surface area contributed by atoms with Crippen LogP contribution in [-0.2, 0) is 9.59 Å². The molecule has 0 aliphatic carbocycles. The molecule has 1 aromatic rings. The molecule has 6 nitrogen and oxygen atoms in total.